The molecule has 7 heteroatoms. The van der Waals surface area contributed by atoms with E-state index < -0.39 is 5.97 Å². The molecule has 2 heterocycles. The maximum Gasteiger partial charge on any atom is 0.338 e. The van der Waals surface area contributed by atoms with Gasteiger partial charge in [-0.2, -0.15) is 0 Å². The highest BCUT2D eigenvalue weighted by Crippen LogP contribution is 2.36. The lowest BCUT2D eigenvalue weighted by Crippen LogP contribution is -2.26. The van der Waals surface area contributed by atoms with Crippen LogP contribution in [0.15, 0.2) is 47.4 Å². The summed E-state index contributed by atoms with van der Waals surface area (Å²) in [4.78, 5) is 29.6. The summed E-state index contributed by atoms with van der Waals surface area (Å²) in [7, 11) is 0. The second kappa shape index (κ2) is 7.09. The van der Waals surface area contributed by atoms with Crippen molar-refractivity contribution in [3.8, 4) is 0 Å². The van der Waals surface area contributed by atoms with Crippen LogP contribution in [-0.2, 0) is 16.0 Å². The van der Waals surface area contributed by atoms with Crippen LogP contribution in [0.3, 0.4) is 0 Å². The second-order valence-corrected chi connectivity index (χ2v) is 8.42. The van der Waals surface area contributed by atoms with E-state index >= 15 is 0 Å². The van der Waals surface area contributed by atoms with E-state index in [4.69, 9.17) is 4.74 Å². The van der Waals surface area contributed by atoms with Crippen molar-refractivity contribution in [1.82, 2.24) is 4.98 Å². The van der Waals surface area contributed by atoms with Gasteiger partial charge in [-0.25, -0.2) is 9.78 Å². The molecule has 4 rings (SSSR count). The number of hydrogen-bond donors (Lipinski definition) is 1. The second-order valence-electron chi connectivity index (χ2n) is 5.92. The quantitative estimate of drug-likeness (QED) is 0.685. The Morgan fingerprint density at radius 3 is 2.96 bits per heavy atom. The molecular formula is C19H16N2O3S2. The summed E-state index contributed by atoms with van der Waals surface area (Å²) >= 11 is 3.10. The zero-order valence-electron chi connectivity index (χ0n) is 14.0. The van der Waals surface area contributed by atoms with Crippen LogP contribution in [0.1, 0.15) is 22.3 Å². The maximum atomic E-state index is 12.3. The van der Waals surface area contributed by atoms with Crippen LogP contribution in [0.25, 0.3) is 10.2 Å². The molecule has 1 unspecified atom stereocenters. The first kappa shape index (κ1) is 17.1. The van der Waals surface area contributed by atoms with Crippen LogP contribution in [0.5, 0.6) is 0 Å². The Morgan fingerprint density at radius 2 is 2.12 bits per heavy atom. The third-order valence-corrected chi connectivity index (χ3v) is 6.31. The maximum absolute atomic E-state index is 12.3. The SMILES string of the molecule is CC1Sc2ccc(C(=O)OCCc3nc4ccccc4s3)cc2NC1=O. The molecule has 5 nitrogen and oxygen atoms in total. The fourth-order valence-electron chi connectivity index (χ4n) is 2.68. The predicted molar refractivity (Wildman–Crippen MR) is 104 cm³/mol. The molecule has 132 valence electrons. The average Bonchev–Trinajstić information content (AvgIpc) is 3.05. The van der Waals surface area contributed by atoms with Gasteiger partial charge in [0.2, 0.25) is 5.91 Å². The van der Waals surface area contributed by atoms with Crippen molar-refractivity contribution in [1.29, 1.82) is 0 Å². The van der Waals surface area contributed by atoms with Gasteiger partial charge >= 0.3 is 5.97 Å². The number of para-hydroxylation sites is 1. The molecule has 3 aromatic rings. The Morgan fingerprint density at radius 1 is 1.27 bits per heavy atom. The van der Waals surface area contributed by atoms with E-state index in [-0.39, 0.29) is 17.8 Å². The molecule has 0 saturated heterocycles. The molecule has 26 heavy (non-hydrogen) atoms. The Bertz CT molecular complexity index is 966. The molecule has 0 radical (unpaired) electrons. The minimum atomic E-state index is -0.396. The number of carbonyl (C=O) groups is 2. The van der Waals surface area contributed by atoms with E-state index in [1.165, 1.54) is 11.8 Å². The zero-order chi connectivity index (χ0) is 18.1. The highest BCUT2D eigenvalue weighted by atomic mass is 32.2. The van der Waals surface area contributed by atoms with Crippen molar-refractivity contribution in [2.24, 2.45) is 0 Å². The number of fused-ring (bicyclic) bond motifs is 2. The molecule has 1 aliphatic heterocycles. The van der Waals surface area contributed by atoms with E-state index in [1.807, 2.05) is 37.3 Å². The van der Waals surface area contributed by atoms with Crippen molar-refractivity contribution in [2.45, 2.75) is 23.5 Å². The van der Waals surface area contributed by atoms with E-state index in [2.05, 4.69) is 10.3 Å². The molecule has 1 aliphatic rings. The van der Waals surface area contributed by atoms with Gasteiger partial charge in [-0.3, -0.25) is 4.79 Å². The van der Waals surface area contributed by atoms with E-state index in [0.29, 0.717) is 17.7 Å². The normalized spacial score (nSPS) is 16.2. The van der Waals surface area contributed by atoms with Crippen LogP contribution >= 0.6 is 23.1 Å². The smallest absolute Gasteiger partial charge is 0.338 e. The minimum Gasteiger partial charge on any atom is -0.462 e. The Balaban J connectivity index is 1.39. The van der Waals surface area contributed by atoms with E-state index in [0.717, 1.165) is 20.1 Å². The first-order valence-electron chi connectivity index (χ1n) is 8.23. The molecule has 2 aromatic carbocycles. The Kier molecular flexibility index (Phi) is 4.65. The van der Waals surface area contributed by atoms with Crippen LogP contribution in [-0.4, -0.2) is 28.7 Å². The van der Waals surface area contributed by atoms with Crippen LogP contribution < -0.4 is 5.32 Å². The number of amides is 1. The summed E-state index contributed by atoms with van der Waals surface area (Å²) < 4.78 is 6.51. The number of nitrogens with one attached hydrogen (secondary N) is 1. The highest BCUT2D eigenvalue weighted by Gasteiger charge is 2.24. The Labute approximate surface area is 158 Å². The van der Waals surface area contributed by atoms with Gasteiger partial charge in [-0.05, 0) is 37.3 Å². The number of anilines is 1. The molecule has 1 atom stereocenters. The number of esters is 1. The number of nitrogens with zero attached hydrogens (tertiary/aromatic N) is 1. The van der Waals surface area contributed by atoms with Gasteiger partial charge in [-0.15, -0.1) is 23.1 Å². The number of thiazole rings is 1. The molecule has 0 saturated carbocycles. The lowest BCUT2D eigenvalue weighted by Gasteiger charge is -2.21. The molecule has 1 aromatic heterocycles. The molecule has 1 amide bonds. The van der Waals surface area contributed by atoms with Crippen molar-refractivity contribution in [2.75, 3.05) is 11.9 Å². The number of carbonyl (C=O) groups excluding carboxylic acids is 2. The molecule has 0 bridgehead atoms. The van der Waals surface area contributed by atoms with Crippen molar-refractivity contribution in [3.05, 3.63) is 53.0 Å². The fraction of sp³-hybridized carbons (Fsp3) is 0.211. The number of rotatable bonds is 4. The summed E-state index contributed by atoms with van der Waals surface area (Å²) in [5.41, 5.74) is 2.07. The topological polar surface area (TPSA) is 68.3 Å². The van der Waals surface area contributed by atoms with Gasteiger partial charge in [0.1, 0.15) is 0 Å². The first-order valence-corrected chi connectivity index (χ1v) is 9.93. The minimum absolute atomic E-state index is 0.0520. The monoisotopic (exact) mass is 384 g/mol. The largest absolute Gasteiger partial charge is 0.462 e. The van der Waals surface area contributed by atoms with Crippen LogP contribution in [0.2, 0.25) is 0 Å². The Hall–Kier alpha value is -2.38. The van der Waals surface area contributed by atoms with Gasteiger partial charge in [0.25, 0.3) is 0 Å². The molecule has 0 aliphatic carbocycles. The van der Waals surface area contributed by atoms with Gasteiger partial charge < -0.3 is 10.1 Å². The molecular weight excluding hydrogens is 368 g/mol. The van der Waals surface area contributed by atoms with Crippen molar-refractivity contribution >= 4 is 50.9 Å². The third-order valence-electron chi connectivity index (χ3n) is 4.03. The summed E-state index contributed by atoms with van der Waals surface area (Å²) in [5.74, 6) is -0.448. The summed E-state index contributed by atoms with van der Waals surface area (Å²) in [6.07, 6.45) is 0.583. The van der Waals surface area contributed by atoms with Gasteiger partial charge in [-0.1, -0.05) is 12.1 Å². The van der Waals surface area contributed by atoms with Crippen LogP contribution in [0, 0.1) is 0 Å². The van der Waals surface area contributed by atoms with Crippen molar-refractivity contribution in [3.63, 3.8) is 0 Å². The number of thioether (sulfide) groups is 1. The van der Waals surface area contributed by atoms with E-state index in [9.17, 15) is 9.59 Å². The third kappa shape index (κ3) is 3.45. The van der Waals surface area contributed by atoms with Gasteiger partial charge in [0.15, 0.2) is 0 Å². The summed E-state index contributed by atoms with van der Waals surface area (Å²) in [6.45, 7) is 2.13. The lowest BCUT2D eigenvalue weighted by molar-refractivity contribution is -0.115. The predicted octanol–water partition coefficient (Wildman–Crippen LogP) is 4.13. The van der Waals surface area contributed by atoms with Gasteiger partial charge in [0, 0.05) is 11.3 Å². The number of aromatic nitrogens is 1. The number of hydrogen-bond acceptors (Lipinski definition) is 6. The number of ether oxygens (including phenoxy) is 1. The zero-order valence-corrected chi connectivity index (χ0v) is 15.7. The lowest BCUT2D eigenvalue weighted by atomic mass is 10.2. The molecule has 1 N–H and O–H groups in total. The first-order chi connectivity index (χ1) is 12.6. The molecule has 0 spiro atoms. The number of benzene rings is 2. The highest BCUT2D eigenvalue weighted by molar-refractivity contribution is 8.00. The van der Waals surface area contributed by atoms with Crippen molar-refractivity contribution < 1.29 is 14.3 Å². The average molecular weight is 384 g/mol. The molecule has 0 fully saturated rings. The summed E-state index contributed by atoms with van der Waals surface area (Å²) in [6, 6.07) is 13.2. The van der Waals surface area contributed by atoms with E-state index in [1.54, 1.807) is 23.5 Å². The van der Waals surface area contributed by atoms with Crippen LogP contribution in [0.4, 0.5) is 5.69 Å². The van der Waals surface area contributed by atoms with Gasteiger partial charge in [0.05, 0.1) is 38.3 Å². The standard InChI is InChI=1S/C19H16N2O3S2/c1-11-18(22)21-14-10-12(6-7-16(14)25-11)19(23)24-9-8-17-20-13-4-2-3-5-15(13)26-17/h2-7,10-11H,8-9H2,1H3,(H,21,22). The summed E-state index contributed by atoms with van der Waals surface area (Å²) in [5, 5.41) is 3.64. The fourth-order valence-corrected chi connectivity index (χ4v) is 4.56.